The Balaban J connectivity index is 1.78. The lowest BCUT2D eigenvalue weighted by atomic mass is 9.97. The quantitative estimate of drug-likeness (QED) is 0.902. The van der Waals surface area contributed by atoms with Crippen LogP contribution in [0, 0.1) is 5.92 Å². The molecule has 0 radical (unpaired) electrons. The highest BCUT2D eigenvalue weighted by Gasteiger charge is 2.29. The molecule has 0 bridgehead atoms. The van der Waals surface area contributed by atoms with Crippen molar-refractivity contribution in [2.24, 2.45) is 5.92 Å². The summed E-state index contributed by atoms with van der Waals surface area (Å²) in [6.45, 7) is 0.737. The molecule has 0 aromatic heterocycles. The number of carbonyl (C=O) groups is 3. The zero-order chi connectivity index (χ0) is 19.4. The van der Waals surface area contributed by atoms with Crippen LogP contribution in [0.15, 0.2) is 54.6 Å². The van der Waals surface area contributed by atoms with Crippen LogP contribution in [0.2, 0.25) is 0 Å². The molecule has 0 saturated carbocycles. The number of benzene rings is 2. The first kappa shape index (κ1) is 18.6. The van der Waals surface area contributed by atoms with Crippen molar-refractivity contribution >= 4 is 23.5 Å². The number of piperidine rings is 1. The maximum Gasteiger partial charge on any atom is 0.308 e. The second-order valence-corrected chi connectivity index (χ2v) is 6.71. The Morgan fingerprint density at radius 3 is 2.44 bits per heavy atom. The van der Waals surface area contributed by atoms with E-state index in [0.717, 1.165) is 5.69 Å². The average Bonchev–Trinajstić information content (AvgIpc) is 2.73. The maximum absolute atomic E-state index is 12.8. The summed E-state index contributed by atoms with van der Waals surface area (Å²) in [5.41, 5.74) is 1.58. The van der Waals surface area contributed by atoms with Gasteiger partial charge in [-0.15, -0.1) is 0 Å². The molecule has 2 aromatic carbocycles. The number of hydrogen-bond acceptors (Lipinski definition) is 3. The minimum absolute atomic E-state index is 0.205. The molecule has 1 saturated heterocycles. The van der Waals surface area contributed by atoms with E-state index in [0.29, 0.717) is 30.5 Å². The molecule has 0 spiro atoms. The summed E-state index contributed by atoms with van der Waals surface area (Å²) in [7, 11) is 1.69. The Hall–Kier alpha value is -3.15. The monoisotopic (exact) mass is 366 g/mol. The Morgan fingerprint density at radius 2 is 1.74 bits per heavy atom. The number of anilines is 1. The van der Waals surface area contributed by atoms with Gasteiger partial charge in [0.05, 0.1) is 5.92 Å². The van der Waals surface area contributed by atoms with Crippen LogP contribution in [0.25, 0.3) is 0 Å². The van der Waals surface area contributed by atoms with E-state index in [1.807, 2.05) is 30.3 Å². The maximum atomic E-state index is 12.8. The molecule has 27 heavy (non-hydrogen) atoms. The second-order valence-electron chi connectivity index (χ2n) is 6.71. The Morgan fingerprint density at radius 1 is 1.04 bits per heavy atom. The number of para-hydroxylation sites is 1. The predicted octanol–water partition coefficient (Wildman–Crippen LogP) is 2.90. The molecule has 140 valence electrons. The molecule has 1 N–H and O–H groups in total. The lowest BCUT2D eigenvalue weighted by molar-refractivity contribution is -0.143. The molecule has 1 aliphatic heterocycles. The number of carboxylic acid groups (broad SMARTS) is 1. The topological polar surface area (TPSA) is 77.9 Å². The van der Waals surface area contributed by atoms with Gasteiger partial charge in [0.1, 0.15) is 0 Å². The first-order valence-corrected chi connectivity index (χ1v) is 8.92. The highest BCUT2D eigenvalue weighted by atomic mass is 16.4. The Labute approximate surface area is 158 Å². The van der Waals surface area contributed by atoms with Crippen LogP contribution < -0.4 is 4.90 Å². The molecule has 2 aromatic rings. The van der Waals surface area contributed by atoms with Gasteiger partial charge in [0, 0.05) is 37.0 Å². The minimum atomic E-state index is -0.874. The van der Waals surface area contributed by atoms with E-state index in [2.05, 4.69) is 0 Å². The first-order chi connectivity index (χ1) is 13.0. The molecular weight excluding hydrogens is 344 g/mol. The third kappa shape index (κ3) is 4.16. The third-order valence-corrected chi connectivity index (χ3v) is 4.86. The highest BCUT2D eigenvalue weighted by molar-refractivity contribution is 6.07. The number of nitrogens with zero attached hydrogens (tertiary/aromatic N) is 2. The third-order valence-electron chi connectivity index (χ3n) is 4.86. The number of likely N-dealkylation sites (tertiary alicyclic amines) is 1. The van der Waals surface area contributed by atoms with Crippen molar-refractivity contribution in [3.8, 4) is 0 Å². The standard InChI is InChI=1S/C21H22N2O4/c1-22(18-10-3-2-4-11-18)19(24)15-7-5-8-16(13-15)20(25)23-12-6-9-17(14-23)21(26)27/h2-5,7-8,10-11,13,17H,6,9,12,14H2,1H3,(H,26,27). The van der Waals surface area contributed by atoms with Gasteiger partial charge in [-0.1, -0.05) is 24.3 Å². The van der Waals surface area contributed by atoms with Crippen LogP contribution in [-0.4, -0.2) is 47.9 Å². The van der Waals surface area contributed by atoms with Crippen molar-refractivity contribution < 1.29 is 19.5 Å². The first-order valence-electron chi connectivity index (χ1n) is 8.92. The van der Waals surface area contributed by atoms with Gasteiger partial charge in [0.2, 0.25) is 0 Å². The van der Waals surface area contributed by atoms with E-state index in [1.165, 1.54) is 4.90 Å². The molecule has 1 aliphatic rings. The molecule has 1 atom stereocenters. The lowest BCUT2D eigenvalue weighted by Crippen LogP contribution is -2.42. The van der Waals surface area contributed by atoms with Crippen molar-refractivity contribution in [3.05, 3.63) is 65.7 Å². The summed E-state index contributed by atoms with van der Waals surface area (Å²) in [5, 5.41) is 9.21. The van der Waals surface area contributed by atoms with E-state index in [4.69, 9.17) is 0 Å². The number of rotatable bonds is 4. The van der Waals surface area contributed by atoms with E-state index in [-0.39, 0.29) is 18.4 Å². The van der Waals surface area contributed by atoms with Crippen molar-refractivity contribution in [2.75, 3.05) is 25.0 Å². The fraction of sp³-hybridized carbons (Fsp3) is 0.286. The smallest absolute Gasteiger partial charge is 0.308 e. The SMILES string of the molecule is CN(C(=O)c1cccc(C(=O)N2CCCC(C(=O)O)C2)c1)c1ccccc1. The van der Waals surface area contributed by atoms with Gasteiger partial charge in [-0.2, -0.15) is 0 Å². The number of hydrogen-bond donors (Lipinski definition) is 1. The number of carbonyl (C=O) groups excluding carboxylic acids is 2. The molecule has 1 heterocycles. The van der Waals surface area contributed by atoms with Crippen molar-refractivity contribution in [1.29, 1.82) is 0 Å². The molecule has 6 heteroatoms. The summed E-state index contributed by atoms with van der Waals surface area (Å²) >= 11 is 0. The van der Waals surface area contributed by atoms with Gasteiger partial charge in [-0.05, 0) is 43.2 Å². The molecule has 3 rings (SSSR count). The van der Waals surface area contributed by atoms with Crippen LogP contribution in [0.4, 0.5) is 5.69 Å². The zero-order valence-electron chi connectivity index (χ0n) is 15.2. The fourth-order valence-corrected chi connectivity index (χ4v) is 3.29. The molecular formula is C21H22N2O4. The Kier molecular flexibility index (Phi) is 5.54. The minimum Gasteiger partial charge on any atom is -0.481 e. The number of amides is 2. The number of carboxylic acids is 1. The highest BCUT2D eigenvalue weighted by Crippen LogP contribution is 2.20. The molecule has 1 fully saturated rings. The van der Waals surface area contributed by atoms with Gasteiger partial charge in [0.15, 0.2) is 0 Å². The summed E-state index contributed by atoms with van der Waals surface area (Å²) in [5.74, 6) is -1.85. The molecule has 2 amide bonds. The summed E-state index contributed by atoms with van der Waals surface area (Å²) in [4.78, 5) is 39.9. The van der Waals surface area contributed by atoms with E-state index < -0.39 is 11.9 Å². The van der Waals surface area contributed by atoms with Crippen LogP contribution >= 0.6 is 0 Å². The van der Waals surface area contributed by atoms with Gasteiger partial charge in [-0.25, -0.2) is 0 Å². The van der Waals surface area contributed by atoms with Gasteiger partial charge < -0.3 is 14.9 Å². The van der Waals surface area contributed by atoms with E-state index in [9.17, 15) is 19.5 Å². The van der Waals surface area contributed by atoms with E-state index in [1.54, 1.807) is 36.2 Å². The van der Waals surface area contributed by atoms with Gasteiger partial charge >= 0.3 is 5.97 Å². The Bertz CT molecular complexity index is 850. The lowest BCUT2D eigenvalue weighted by Gasteiger charge is -2.30. The summed E-state index contributed by atoms with van der Waals surface area (Å²) in [6, 6.07) is 15.9. The summed E-state index contributed by atoms with van der Waals surface area (Å²) in [6.07, 6.45) is 1.25. The normalized spacial score (nSPS) is 16.6. The van der Waals surface area contributed by atoms with Crippen LogP contribution in [0.5, 0.6) is 0 Å². The zero-order valence-corrected chi connectivity index (χ0v) is 15.2. The van der Waals surface area contributed by atoms with Crippen molar-refractivity contribution in [3.63, 3.8) is 0 Å². The fourth-order valence-electron chi connectivity index (χ4n) is 3.29. The van der Waals surface area contributed by atoms with Gasteiger partial charge in [0.25, 0.3) is 11.8 Å². The number of aliphatic carboxylic acids is 1. The molecule has 1 unspecified atom stereocenters. The molecule has 6 nitrogen and oxygen atoms in total. The van der Waals surface area contributed by atoms with Crippen LogP contribution in [0.1, 0.15) is 33.6 Å². The largest absolute Gasteiger partial charge is 0.481 e. The van der Waals surface area contributed by atoms with Crippen molar-refractivity contribution in [1.82, 2.24) is 4.90 Å². The van der Waals surface area contributed by atoms with Crippen LogP contribution in [-0.2, 0) is 4.79 Å². The summed E-state index contributed by atoms with van der Waals surface area (Å²) < 4.78 is 0. The molecule has 0 aliphatic carbocycles. The second kappa shape index (κ2) is 8.03. The average molecular weight is 366 g/mol. The van der Waals surface area contributed by atoms with E-state index >= 15 is 0 Å². The predicted molar refractivity (Wildman–Crippen MR) is 102 cm³/mol. The van der Waals surface area contributed by atoms with Gasteiger partial charge in [-0.3, -0.25) is 14.4 Å². The van der Waals surface area contributed by atoms with Crippen molar-refractivity contribution in [2.45, 2.75) is 12.8 Å². The van der Waals surface area contributed by atoms with Crippen LogP contribution in [0.3, 0.4) is 0 Å².